The van der Waals surface area contributed by atoms with E-state index in [4.69, 9.17) is 21.1 Å². The third-order valence-corrected chi connectivity index (χ3v) is 5.02. The maximum atomic E-state index is 12.6. The van der Waals surface area contributed by atoms with Gasteiger partial charge in [0.15, 0.2) is 18.1 Å². The Hall–Kier alpha value is -3.18. The Bertz CT molecular complexity index is 1120. The van der Waals surface area contributed by atoms with Gasteiger partial charge in [-0.3, -0.25) is 4.79 Å². The normalized spacial score (nSPS) is 11.2. The summed E-state index contributed by atoms with van der Waals surface area (Å²) in [5.41, 5.74) is 0.0330. The molecule has 0 aliphatic carbocycles. The van der Waals surface area contributed by atoms with Gasteiger partial charge >= 0.3 is 12.1 Å². The fourth-order valence-electron chi connectivity index (χ4n) is 2.31. The quantitative estimate of drug-likeness (QED) is 0.479. The average Bonchev–Trinajstić information content (AvgIpc) is 3.21. The fraction of sp³-hybridized carbons (Fsp3) is 0.200. The van der Waals surface area contributed by atoms with Gasteiger partial charge in [-0.1, -0.05) is 29.3 Å². The van der Waals surface area contributed by atoms with Gasteiger partial charge in [0.2, 0.25) is 0 Å². The third kappa shape index (κ3) is 6.41. The number of carbonyl (C=O) groups is 2. The van der Waals surface area contributed by atoms with Crippen molar-refractivity contribution in [1.29, 1.82) is 0 Å². The minimum absolute atomic E-state index is 0.00371. The standard InChI is InChI=1S/C20H15ClF3N3O4S/c1-11-2-4-13(5-3-11)30-9-17-26-15(10-32-17)19(29)31-8-16(28)27-18-14(21)6-12(7-25-18)20(22,23)24/h2-7,10H,8-9H2,1H3,(H,25,27,28). The minimum atomic E-state index is -4.62. The molecule has 1 aromatic carbocycles. The van der Waals surface area contributed by atoms with E-state index < -0.39 is 35.2 Å². The van der Waals surface area contributed by atoms with E-state index in [0.29, 0.717) is 23.0 Å². The number of rotatable bonds is 7. The molecule has 0 atom stereocenters. The number of aryl methyl sites for hydroxylation is 1. The smallest absolute Gasteiger partial charge is 0.417 e. The van der Waals surface area contributed by atoms with Crippen molar-refractivity contribution < 1.29 is 32.2 Å². The predicted octanol–water partition coefficient (Wildman–Crippen LogP) is 4.89. The first-order valence-electron chi connectivity index (χ1n) is 8.95. The van der Waals surface area contributed by atoms with Gasteiger partial charge in [0.05, 0.1) is 10.6 Å². The number of esters is 1. The molecule has 0 saturated heterocycles. The molecule has 2 aromatic heterocycles. The molecule has 0 saturated carbocycles. The molecule has 12 heteroatoms. The summed E-state index contributed by atoms with van der Waals surface area (Å²) < 4.78 is 48.3. The highest BCUT2D eigenvalue weighted by molar-refractivity contribution is 7.09. The molecule has 7 nitrogen and oxygen atoms in total. The summed E-state index contributed by atoms with van der Waals surface area (Å²) >= 11 is 6.90. The first-order valence-corrected chi connectivity index (χ1v) is 10.2. The number of pyridine rings is 1. The van der Waals surface area contributed by atoms with Gasteiger partial charge in [0.25, 0.3) is 5.91 Å². The summed E-state index contributed by atoms with van der Waals surface area (Å²) in [5.74, 6) is -1.30. The van der Waals surface area contributed by atoms with Crippen LogP contribution in [0, 0.1) is 6.92 Å². The van der Waals surface area contributed by atoms with Gasteiger partial charge in [0.1, 0.15) is 17.4 Å². The summed E-state index contributed by atoms with van der Waals surface area (Å²) in [5, 5.41) is 3.76. The number of ether oxygens (including phenoxy) is 2. The first-order chi connectivity index (χ1) is 15.1. The predicted molar refractivity (Wildman–Crippen MR) is 111 cm³/mol. The molecule has 0 aliphatic heterocycles. The maximum absolute atomic E-state index is 12.6. The highest BCUT2D eigenvalue weighted by atomic mass is 35.5. The topological polar surface area (TPSA) is 90.4 Å². The molecule has 32 heavy (non-hydrogen) atoms. The summed E-state index contributed by atoms with van der Waals surface area (Å²) in [4.78, 5) is 31.6. The van der Waals surface area contributed by atoms with Crippen LogP contribution in [0.2, 0.25) is 5.02 Å². The lowest BCUT2D eigenvalue weighted by atomic mass is 10.2. The molecule has 0 unspecified atom stereocenters. The molecule has 0 radical (unpaired) electrons. The van der Waals surface area contributed by atoms with Gasteiger partial charge < -0.3 is 14.8 Å². The summed E-state index contributed by atoms with van der Waals surface area (Å²) in [6.45, 7) is 1.40. The molecule has 2 heterocycles. The van der Waals surface area contributed by atoms with Crippen LogP contribution in [0.3, 0.4) is 0 Å². The second-order valence-electron chi connectivity index (χ2n) is 6.40. The molecular weight excluding hydrogens is 471 g/mol. The zero-order valence-electron chi connectivity index (χ0n) is 16.4. The van der Waals surface area contributed by atoms with Crippen molar-refractivity contribution in [2.24, 2.45) is 0 Å². The second kappa shape index (κ2) is 9.96. The molecule has 1 amide bonds. The lowest BCUT2D eigenvalue weighted by Gasteiger charge is -2.10. The van der Waals surface area contributed by atoms with E-state index in [2.05, 4.69) is 15.3 Å². The molecule has 168 valence electrons. The molecular formula is C20H15ClF3N3O4S. The van der Waals surface area contributed by atoms with E-state index in [1.54, 1.807) is 0 Å². The van der Waals surface area contributed by atoms with Crippen molar-refractivity contribution in [3.8, 4) is 5.75 Å². The molecule has 0 fully saturated rings. The van der Waals surface area contributed by atoms with Crippen molar-refractivity contribution in [2.75, 3.05) is 11.9 Å². The average molecular weight is 486 g/mol. The van der Waals surface area contributed by atoms with Crippen LogP contribution < -0.4 is 10.1 Å². The number of thiazole rings is 1. The number of hydrogen-bond acceptors (Lipinski definition) is 7. The Morgan fingerprint density at radius 2 is 1.94 bits per heavy atom. The van der Waals surface area contributed by atoms with Crippen LogP contribution in [-0.2, 0) is 22.3 Å². The van der Waals surface area contributed by atoms with Crippen LogP contribution in [0.5, 0.6) is 5.75 Å². The zero-order valence-corrected chi connectivity index (χ0v) is 18.0. The van der Waals surface area contributed by atoms with E-state index in [0.717, 1.165) is 5.56 Å². The van der Waals surface area contributed by atoms with Crippen LogP contribution in [0.15, 0.2) is 41.9 Å². The van der Waals surface area contributed by atoms with Crippen molar-refractivity contribution >= 4 is 40.6 Å². The number of nitrogens with zero attached hydrogens (tertiary/aromatic N) is 2. The Morgan fingerprint density at radius 1 is 1.22 bits per heavy atom. The van der Waals surface area contributed by atoms with E-state index in [1.165, 1.54) is 16.7 Å². The fourth-order valence-corrected chi connectivity index (χ4v) is 3.20. The van der Waals surface area contributed by atoms with E-state index >= 15 is 0 Å². The zero-order chi connectivity index (χ0) is 23.3. The highest BCUT2D eigenvalue weighted by Crippen LogP contribution is 2.32. The van der Waals surface area contributed by atoms with Crippen molar-refractivity contribution in [3.05, 3.63) is 68.8 Å². The molecule has 3 aromatic rings. The number of nitrogens with one attached hydrogen (secondary N) is 1. The van der Waals surface area contributed by atoms with Crippen molar-refractivity contribution in [2.45, 2.75) is 19.7 Å². The van der Waals surface area contributed by atoms with Crippen molar-refractivity contribution in [1.82, 2.24) is 9.97 Å². The van der Waals surface area contributed by atoms with Crippen molar-refractivity contribution in [3.63, 3.8) is 0 Å². The first kappa shape index (κ1) is 23.5. The maximum Gasteiger partial charge on any atom is 0.417 e. The SMILES string of the molecule is Cc1ccc(OCc2nc(C(=O)OCC(=O)Nc3ncc(C(F)(F)F)cc3Cl)cs2)cc1. The number of halogens is 4. The monoisotopic (exact) mass is 485 g/mol. The number of aromatic nitrogens is 2. The van der Waals surface area contributed by atoms with Gasteiger partial charge in [-0.25, -0.2) is 14.8 Å². The molecule has 0 aliphatic rings. The Labute approximate surface area is 189 Å². The lowest BCUT2D eigenvalue weighted by Crippen LogP contribution is -2.22. The summed E-state index contributed by atoms with van der Waals surface area (Å²) in [6.07, 6.45) is -4.09. The Balaban J connectivity index is 1.49. The number of benzene rings is 1. The number of amides is 1. The van der Waals surface area contributed by atoms with Crippen LogP contribution in [-0.4, -0.2) is 28.5 Å². The third-order valence-electron chi connectivity index (χ3n) is 3.90. The molecule has 0 spiro atoms. The van der Waals surface area contributed by atoms with E-state index in [-0.39, 0.29) is 18.1 Å². The Kier molecular flexibility index (Phi) is 7.31. The number of hydrogen-bond donors (Lipinski definition) is 1. The van der Waals surface area contributed by atoms with Gasteiger partial charge in [-0.2, -0.15) is 13.2 Å². The van der Waals surface area contributed by atoms with Crippen LogP contribution >= 0.6 is 22.9 Å². The number of alkyl halides is 3. The molecule has 0 bridgehead atoms. The second-order valence-corrected chi connectivity index (χ2v) is 7.75. The van der Waals surface area contributed by atoms with Crippen LogP contribution in [0.4, 0.5) is 19.0 Å². The van der Waals surface area contributed by atoms with Crippen LogP contribution in [0.1, 0.15) is 26.6 Å². The van der Waals surface area contributed by atoms with Crippen LogP contribution in [0.25, 0.3) is 0 Å². The largest absolute Gasteiger partial charge is 0.486 e. The summed E-state index contributed by atoms with van der Waals surface area (Å²) in [6, 6.07) is 8.06. The van der Waals surface area contributed by atoms with Gasteiger partial charge in [-0.05, 0) is 25.1 Å². The minimum Gasteiger partial charge on any atom is -0.486 e. The molecule has 1 N–H and O–H groups in total. The van der Waals surface area contributed by atoms with E-state index in [1.807, 2.05) is 31.2 Å². The highest BCUT2D eigenvalue weighted by Gasteiger charge is 2.31. The summed E-state index contributed by atoms with van der Waals surface area (Å²) in [7, 11) is 0. The van der Waals surface area contributed by atoms with Gasteiger partial charge in [-0.15, -0.1) is 11.3 Å². The number of carbonyl (C=O) groups excluding carboxylic acids is 2. The lowest BCUT2D eigenvalue weighted by molar-refractivity contribution is -0.137. The van der Waals surface area contributed by atoms with E-state index in [9.17, 15) is 22.8 Å². The Morgan fingerprint density at radius 3 is 2.59 bits per heavy atom. The number of anilines is 1. The van der Waals surface area contributed by atoms with Gasteiger partial charge in [0, 0.05) is 11.6 Å². The molecule has 3 rings (SSSR count).